The molecular weight excluding hydrogens is 152 g/mol. The summed E-state index contributed by atoms with van der Waals surface area (Å²) in [6, 6.07) is 0. The second kappa shape index (κ2) is 5.25. The molecule has 1 fully saturated rings. The van der Waals surface area contributed by atoms with Gasteiger partial charge in [0.2, 0.25) is 0 Å². The van der Waals surface area contributed by atoms with E-state index in [1.807, 2.05) is 0 Å². The standard InChI is InChI=1S/C9H18N2O/c1-11(7-6-10-12)8-9-4-2-3-5-9/h9H,2-8H2,1H3. The molecule has 3 heteroatoms. The van der Waals surface area contributed by atoms with Gasteiger partial charge in [-0.15, -0.1) is 0 Å². The molecule has 0 saturated heterocycles. The SMILES string of the molecule is CN(CCN=O)CC1CCCC1. The van der Waals surface area contributed by atoms with Gasteiger partial charge in [0.15, 0.2) is 0 Å². The Morgan fingerprint density at radius 2 is 2.08 bits per heavy atom. The molecule has 0 N–H and O–H groups in total. The van der Waals surface area contributed by atoms with Crippen LogP contribution in [0.5, 0.6) is 0 Å². The molecule has 0 bridgehead atoms. The number of hydrogen-bond donors (Lipinski definition) is 0. The molecule has 0 amide bonds. The van der Waals surface area contributed by atoms with Crippen molar-refractivity contribution in [1.29, 1.82) is 0 Å². The first-order valence-corrected chi connectivity index (χ1v) is 4.80. The summed E-state index contributed by atoms with van der Waals surface area (Å²) in [6.45, 7) is 2.40. The highest BCUT2D eigenvalue weighted by Crippen LogP contribution is 2.24. The van der Waals surface area contributed by atoms with Crippen molar-refractivity contribution in [2.75, 3.05) is 26.7 Å². The normalized spacial score (nSPS) is 18.8. The Balaban J connectivity index is 2.07. The van der Waals surface area contributed by atoms with Crippen LogP contribution in [0.4, 0.5) is 0 Å². The van der Waals surface area contributed by atoms with Gasteiger partial charge in [-0.05, 0) is 25.8 Å². The van der Waals surface area contributed by atoms with Crippen LogP contribution < -0.4 is 0 Å². The third-order valence-electron chi connectivity index (χ3n) is 2.62. The Morgan fingerprint density at radius 1 is 1.42 bits per heavy atom. The van der Waals surface area contributed by atoms with E-state index in [4.69, 9.17) is 0 Å². The van der Waals surface area contributed by atoms with E-state index in [1.54, 1.807) is 0 Å². The van der Waals surface area contributed by atoms with E-state index in [0.717, 1.165) is 19.0 Å². The Hall–Kier alpha value is -0.440. The second-order valence-corrected chi connectivity index (χ2v) is 3.77. The molecule has 0 heterocycles. The van der Waals surface area contributed by atoms with Crippen LogP contribution in [-0.2, 0) is 0 Å². The van der Waals surface area contributed by atoms with Gasteiger partial charge in [-0.25, -0.2) is 0 Å². The summed E-state index contributed by atoms with van der Waals surface area (Å²) >= 11 is 0. The van der Waals surface area contributed by atoms with Crippen molar-refractivity contribution in [3.05, 3.63) is 4.91 Å². The van der Waals surface area contributed by atoms with Gasteiger partial charge >= 0.3 is 0 Å². The Morgan fingerprint density at radius 3 is 2.67 bits per heavy atom. The van der Waals surface area contributed by atoms with Crippen molar-refractivity contribution in [2.24, 2.45) is 11.1 Å². The molecule has 1 aliphatic carbocycles. The summed E-state index contributed by atoms with van der Waals surface area (Å²) in [4.78, 5) is 12.1. The zero-order valence-electron chi connectivity index (χ0n) is 7.83. The van der Waals surface area contributed by atoms with Gasteiger partial charge in [0, 0.05) is 13.1 Å². The average molecular weight is 170 g/mol. The molecule has 0 aromatic rings. The molecule has 0 aromatic carbocycles. The van der Waals surface area contributed by atoms with Gasteiger partial charge in [0.05, 0.1) is 6.54 Å². The fraction of sp³-hybridized carbons (Fsp3) is 1.00. The summed E-state index contributed by atoms with van der Waals surface area (Å²) < 4.78 is 0. The molecule has 0 aromatic heterocycles. The van der Waals surface area contributed by atoms with Crippen LogP contribution in [0.1, 0.15) is 25.7 Å². The predicted molar refractivity (Wildman–Crippen MR) is 50.1 cm³/mol. The minimum atomic E-state index is 0.434. The van der Waals surface area contributed by atoms with Crippen LogP contribution in [0.25, 0.3) is 0 Å². The lowest BCUT2D eigenvalue weighted by Gasteiger charge is -2.18. The minimum Gasteiger partial charge on any atom is -0.304 e. The van der Waals surface area contributed by atoms with Crippen LogP contribution in [0.2, 0.25) is 0 Å². The van der Waals surface area contributed by atoms with Crippen LogP contribution in [0.15, 0.2) is 5.18 Å². The molecule has 1 rings (SSSR count). The Kier molecular flexibility index (Phi) is 4.22. The van der Waals surface area contributed by atoms with Crippen molar-refractivity contribution in [1.82, 2.24) is 4.90 Å². The van der Waals surface area contributed by atoms with Gasteiger partial charge in [-0.1, -0.05) is 18.0 Å². The first-order chi connectivity index (χ1) is 5.83. The molecule has 70 valence electrons. The molecule has 0 radical (unpaired) electrons. The highest BCUT2D eigenvalue weighted by Gasteiger charge is 2.16. The minimum absolute atomic E-state index is 0.434. The lowest BCUT2D eigenvalue weighted by molar-refractivity contribution is 0.285. The van der Waals surface area contributed by atoms with Gasteiger partial charge in [0.1, 0.15) is 0 Å². The zero-order chi connectivity index (χ0) is 8.81. The van der Waals surface area contributed by atoms with Crippen LogP contribution in [-0.4, -0.2) is 31.6 Å². The van der Waals surface area contributed by atoms with Crippen LogP contribution >= 0.6 is 0 Å². The maximum absolute atomic E-state index is 9.87. The van der Waals surface area contributed by atoms with Crippen molar-refractivity contribution >= 4 is 0 Å². The maximum Gasteiger partial charge on any atom is 0.0937 e. The topological polar surface area (TPSA) is 32.7 Å². The van der Waals surface area contributed by atoms with Gasteiger partial charge < -0.3 is 4.90 Å². The van der Waals surface area contributed by atoms with Crippen molar-refractivity contribution in [3.63, 3.8) is 0 Å². The quantitative estimate of drug-likeness (QED) is 0.590. The largest absolute Gasteiger partial charge is 0.304 e. The van der Waals surface area contributed by atoms with Crippen LogP contribution in [0, 0.1) is 10.8 Å². The van der Waals surface area contributed by atoms with E-state index in [2.05, 4.69) is 17.1 Å². The summed E-state index contributed by atoms with van der Waals surface area (Å²) in [5.74, 6) is 0.877. The molecule has 0 unspecified atom stereocenters. The Labute approximate surface area is 74.1 Å². The third kappa shape index (κ3) is 3.30. The molecule has 1 saturated carbocycles. The molecule has 0 atom stereocenters. The fourth-order valence-corrected chi connectivity index (χ4v) is 1.94. The van der Waals surface area contributed by atoms with E-state index in [0.29, 0.717) is 6.54 Å². The highest BCUT2D eigenvalue weighted by atomic mass is 16.3. The van der Waals surface area contributed by atoms with Crippen molar-refractivity contribution in [3.8, 4) is 0 Å². The second-order valence-electron chi connectivity index (χ2n) is 3.77. The number of hydrogen-bond acceptors (Lipinski definition) is 3. The molecule has 12 heavy (non-hydrogen) atoms. The molecule has 1 aliphatic rings. The van der Waals surface area contributed by atoms with E-state index in [9.17, 15) is 4.91 Å². The number of nitroso groups, excluding NO2 is 1. The van der Waals surface area contributed by atoms with E-state index >= 15 is 0 Å². The monoisotopic (exact) mass is 170 g/mol. The molecular formula is C9H18N2O. The smallest absolute Gasteiger partial charge is 0.0937 e. The van der Waals surface area contributed by atoms with E-state index in [1.165, 1.54) is 25.7 Å². The number of nitrogens with zero attached hydrogens (tertiary/aromatic N) is 2. The molecule has 3 nitrogen and oxygen atoms in total. The lowest BCUT2D eigenvalue weighted by Crippen LogP contribution is -2.26. The van der Waals surface area contributed by atoms with E-state index < -0.39 is 0 Å². The average Bonchev–Trinajstić information content (AvgIpc) is 2.53. The maximum atomic E-state index is 9.87. The van der Waals surface area contributed by atoms with Gasteiger partial charge in [-0.2, -0.15) is 4.91 Å². The van der Waals surface area contributed by atoms with E-state index in [-0.39, 0.29) is 0 Å². The Bertz CT molecular complexity index is 132. The summed E-state index contributed by atoms with van der Waals surface area (Å²) in [5.41, 5.74) is 0. The molecule has 0 aliphatic heterocycles. The fourth-order valence-electron chi connectivity index (χ4n) is 1.94. The number of rotatable bonds is 5. The van der Waals surface area contributed by atoms with Crippen molar-refractivity contribution < 1.29 is 0 Å². The predicted octanol–water partition coefficient (Wildman–Crippen LogP) is 1.87. The summed E-state index contributed by atoms with van der Waals surface area (Å²) in [6.07, 6.45) is 5.53. The molecule has 0 spiro atoms. The summed E-state index contributed by atoms with van der Waals surface area (Å²) in [5, 5.41) is 2.86. The van der Waals surface area contributed by atoms with Gasteiger partial charge in [0.25, 0.3) is 0 Å². The summed E-state index contributed by atoms with van der Waals surface area (Å²) in [7, 11) is 2.07. The lowest BCUT2D eigenvalue weighted by atomic mass is 10.1. The van der Waals surface area contributed by atoms with Gasteiger partial charge in [-0.3, -0.25) is 0 Å². The number of likely N-dealkylation sites (N-methyl/N-ethyl adjacent to an activating group) is 1. The zero-order valence-corrected chi connectivity index (χ0v) is 7.83. The highest BCUT2D eigenvalue weighted by molar-refractivity contribution is 4.70. The first-order valence-electron chi connectivity index (χ1n) is 4.80. The van der Waals surface area contributed by atoms with Crippen molar-refractivity contribution in [2.45, 2.75) is 25.7 Å². The first kappa shape index (κ1) is 9.65. The third-order valence-corrected chi connectivity index (χ3v) is 2.62. The van der Waals surface area contributed by atoms with Crippen LogP contribution in [0.3, 0.4) is 0 Å².